The molecule has 0 fully saturated rings. The van der Waals surface area contributed by atoms with Crippen LogP contribution in [0.25, 0.3) is 0 Å². The smallest absolute Gasteiger partial charge is 0.312 e. The van der Waals surface area contributed by atoms with E-state index in [0.717, 1.165) is 23.4 Å². The molecule has 0 unspecified atom stereocenters. The standard InChI is InChI=1S/C17H16ClN3O5/c1-10-3-11(2)5-14(4-10)26-9-16(22)20-19-8-12-6-13(18)7-15(17(12)23)21(24)25/h3-8,23H,9H2,1-2H3,(H,20,22)/b19-8+. The Morgan fingerprint density at radius 2 is 1.96 bits per heavy atom. The highest BCUT2D eigenvalue weighted by Crippen LogP contribution is 2.32. The average Bonchev–Trinajstić information content (AvgIpc) is 2.54. The number of rotatable bonds is 6. The molecule has 8 nitrogen and oxygen atoms in total. The second-order valence-corrected chi connectivity index (χ2v) is 5.96. The number of hydrogen-bond acceptors (Lipinski definition) is 6. The van der Waals surface area contributed by atoms with Gasteiger partial charge in [-0.1, -0.05) is 17.7 Å². The maximum atomic E-state index is 11.8. The number of hydrogen-bond donors (Lipinski definition) is 2. The molecule has 0 aliphatic rings. The number of nitrogens with zero attached hydrogens (tertiary/aromatic N) is 2. The Morgan fingerprint density at radius 3 is 2.58 bits per heavy atom. The molecule has 0 saturated carbocycles. The van der Waals surface area contributed by atoms with Crippen molar-refractivity contribution in [2.45, 2.75) is 13.8 Å². The van der Waals surface area contributed by atoms with Crippen LogP contribution in [0.2, 0.25) is 5.02 Å². The minimum absolute atomic E-state index is 0.000252. The fourth-order valence-electron chi connectivity index (χ4n) is 2.21. The summed E-state index contributed by atoms with van der Waals surface area (Å²) in [5, 5.41) is 24.4. The van der Waals surface area contributed by atoms with E-state index in [4.69, 9.17) is 16.3 Å². The van der Waals surface area contributed by atoms with Crippen LogP contribution >= 0.6 is 11.6 Å². The van der Waals surface area contributed by atoms with Gasteiger partial charge in [-0.3, -0.25) is 14.9 Å². The van der Waals surface area contributed by atoms with Crippen LogP contribution in [0.15, 0.2) is 35.4 Å². The van der Waals surface area contributed by atoms with Gasteiger partial charge in [-0.05, 0) is 43.2 Å². The van der Waals surface area contributed by atoms with Crippen molar-refractivity contribution in [2.75, 3.05) is 6.61 Å². The van der Waals surface area contributed by atoms with Crippen LogP contribution in [0.1, 0.15) is 16.7 Å². The number of carbonyl (C=O) groups is 1. The summed E-state index contributed by atoms with van der Waals surface area (Å²) < 4.78 is 5.38. The largest absolute Gasteiger partial charge is 0.502 e. The molecule has 9 heteroatoms. The van der Waals surface area contributed by atoms with Gasteiger partial charge in [0.2, 0.25) is 5.75 Å². The number of phenolic OH excluding ortho intramolecular Hbond substituents is 1. The molecule has 2 aromatic carbocycles. The summed E-state index contributed by atoms with van der Waals surface area (Å²) in [6.07, 6.45) is 1.06. The highest BCUT2D eigenvalue weighted by Gasteiger charge is 2.17. The normalized spacial score (nSPS) is 10.7. The average molecular weight is 378 g/mol. The molecule has 2 N–H and O–H groups in total. The van der Waals surface area contributed by atoms with E-state index in [0.29, 0.717) is 5.75 Å². The molecule has 136 valence electrons. The van der Waals surface area contributed by atoms with Crippen LogP contribution in [0.4, 0.5) is 5.69 Å². The summed E-state index contributed by atoms with van der Waals surface area (Å²) in [7, 11) is 0. The number of amides is 1. The van der Waals surface area contributed by atoms with Crippen LogP contribution in [0, 0.1) is 24.0 Å². The fraction of sp³-hybridized carbons (Fsp3) is 0.176. The molecular formula is C17H16ClN3O5. The number of hydrazone groups is 1. The van der Waals surface area contributed by atoms with E-state index in [9.17, 15) is 20.0 Å². The molecule has 0 heterocycles. The van der Waals surface area contributed by atoms with Gasteiger partial charge in [0, 0.05) is 16.7 Å². The maximum Gasteiger partial charge on any atom is 0.312 e. The number of halogens is 1. The van der Waals surface area contributed by atoms with Crippen LogP contribution in [-0.2, 0) is 4.79 Å². The lowest BCUT2D eigenvalue weighted by atomic mass is 10.1. The Hall–Kier alpha value is -3.13. The molecule has 0 saturated heterocycles. The van der Waals surface area contributed by atoms with Crippen molar-refractivity contribution in [2.24, 2.45) is 5.10 Å². The molecule has 26 heavy (non-hydrogen) atoms. The lowest BCUT2D eigenvalue weighted by Gasteiger charge is -2.07. The Labute approximate surface area is 154 Å². The van der Waals surface area contributed by atoms with Crippen LogP contribution in [0.5, 0.6) is 11.5 Å². The first-order chi connectivity index (χ1) is 12.3. The molecule has 0 aromatic heterocycles. The van der Waals surface area contributed by atoms with Gasteiger partial charge in [-0.2, -0.15) is 5.10 Å². The number of aryl methyl sites for hydroxylation is 2. The Bertz CT molecular complexity index is 863. The molecule has 0 spiro atoms. The Morgan fingerprint density at radius 1 is 1.31 bits per heavy atom. The third kappa shape index (κ3) is 5.18. The predicted octanol–water partition coefficient (Wildman–Crippen LogP) is 3.10. The summed E-state index contributed by atoms with van der Waals surface area (Å²) in [5.74, 6) is -0.565. The van der Waals surface area contributed by atoms with Gasteiger partial charge in [-0.25, -0.2) is 5.43 Å². The van der Waals surface area contributed by atoms with Gasteiger partial charge in [0.05, 0.1) is 11.1 Å². The fourth-order valence-corrected chi connectivity index (χ4v) is 2.44. The SMILES string of the molecule is Cc1cc(C)cc(OCC(=O)N/N=C/c2cc(Cl)cc([N+](=O)[O-])c2O)c1. The summed E-state index contributed by atoms with van der Waals surface area (Å²) in [6, 6.07) is 7.88. The third-order valence-corrected chi connectivity index (χ3v) is 3.46. The van der Waals surface area contributed by atoms with Crippen molar-refractivity contribution < 1.29 is 19.6 Å². The quantitative estimate of drug-likeness (QED) is 0.456. The van der Waals surface area contributed by atoms with Crippen molar-refractivity contribution in [1.82, 2.24) is 5.43 Å². The zero-order chi connectivity index (χ0) is 19.3. The Balaban J connectivity index is 1.98. The molecule has 0 aliphatic carbocycles. The molecule has 2 aromatic rings. The number of aromatic hydroxyl groups is 1. The van der Waals surface area contributed by atoms with Gasteiger partial charge in [0.25, 0.3) is 5.91 Å². The molecule has 0 radical (unpaired) electrons. The summed E-state index contributed by atoms with van der Waals surface area (Å²) in [5.41, 5.74) is 3.68. The zero-order valence-electron chi connectivity index (χ0n) is 14.0. The summed E-state index contributed by atoms with van der Waals surface area (Å²) in [6.45, 7) is 3.57. The van der Waals surface area contributed by atoms with Crippen molar-refractivity contribution in [3.05, 3.63) is 62.2 Å². The topological polar surface area (TPSA) is 114 Å². The van der Waals surface area contributed by atoms with Crippen molar-refractivity contribution in [1.29, 1.82) is 0 Å². The van der Waals surface area contributed by atoms with Crippen molar-refractivity contribution >= 4 is 29.4 Å². The first-order valence-electron chi connectivity index (χ1n) is 7.46. The third-order valence-electron chi connectivity index (χ3n) is 3.24. The van der Waals surface area contributed by atoms with Crippen molar-refractivity contribution in [3.63, 3.8) is 0 Å². The monoisotopic (exact) mass is 377 g/mol. The molecule has 0 atom stereocenters. The Kier molecular flexibility index (Phi) is 6.13. The van der Waals surface area contributed by atoms with E-state index >= 15 is 0 Å². The van der Waals surface area contributed by atoms with Gasteiger partial charge < -0.3 is 9.84 Å². The van der Waals surface area contributed by atoms with Gasteiger partial charge in [-0.15, -0.1) is 0 Å². The molecular weight excluding hydrogens is 362 g/mol. The minimum Gasteiger partial charge on any atom is -0.502 e. The zero-order valence-corrected chi connectivity index (χ0v) is 14.8. The van der Waals surface area contributed by atoms with E-state index in [-0.39, 0.29) is 17.2 Å². The number of ether oxygens (including phenoxy) is 1. The van der Waals surface area contributed by atoms with Gasteiger partial charge in [0.1, 0.15) is 5.75 Å². The van der Waals surface area contributed by atoms with E-state index in [1.165, 1.54) is 6.07 Å². The van der Waals surface area contributed by atoms with Gasteiger partial charge in [0.15, 0.2) is 6.61 Å². The molecule has 0 bridgehead atoms. The number of nitrogens with one attached hydrogen (secondary N) is 1. The molecule has 1 amide bonds. The predicted molar refractivity (Wildman–Crippen MR) is 96.9 cm³/mol. The number of nitro benzene ring substituents is 1. The summed E-state index contributed by atoms with van der Waals surface area (Å²) in [4.78, 5) is 21.8. The second kappa shape index (κ2) is 8.30. The second-order valence-electron chi connectivity index (χ2n) is 5.53. The minimum atomic E-state index is -0.769. The highest BCUT2D eigenvalue weighted by molar-refractivity contribution is 6.31. The van der Waals surface area contributed by atoms with Crippen molar-refractivity contribution in [3.8, 4) is 11.5 Å². The number of benzene rings is 2. The lowest BCUT2D eigenvalue weighted by molar-refractivity contribution is -0.385. The number of phenols is 1. The van der Waals surface area contributed by atoms with Crippen LogP contribution in [0.3, 0.4) is 0 Å². The molecule has 2 rings (SSSR count). The first-order valence-corrected chi connectivity index (χ1v) is 7.84. The van der Waals surface area contributed by atoms with E-state index in [1.54, 1.807) is 12.1 Å². The highest BCUT2D eigenvalue weighted by atomic mass is 35.5. The van der Waals surface area contributed by atoms with Crippen LogP contribution < -0.4 is 10.2 Å². The maximum absolute atomic E-state index is 11.8. The number of carbonyl (C=O) groups excluding carboxylic acids is 1. The lowest BCUT2D eigenvalue weighted by Crippen LogP contribution is -2.24. The number of nitro groups is 1. The van der Waals surface area contributed by atoms with E-state index in [2.05, 4.69) is 10.5 Å². The van der Waals surface area contributed by atoms with Crippen LogP contribution in [-0.4, -0.2) is 28.8 Å². The van der Waals surface area contributed by atoms with E-state index in [1.807, 2.05) is 19.9 Å². The van der Waals surface area contributed by atoms with E-state index < -0.39 is 22.3 Å². The first kappa shape index (κ1) is 19.2. The van der Waals surface area contributed by atoms with Gasteiger partial charge >= 0.3 is 5.69 Å². The molecule has 0 aliphatic heterocycles. The summed E-state index contributed by atoms with van der Waals surface area (Å²) >= 11 is 5.77.